The lowest BCUT2D eigenvalue weighted by molar-refractivity contribution is -0.163. The summed E-state index contributed by atoms with van der Waals surface area (Å²) in [6.07, 6.45) is 5.76. The van der Waals surface area contributed by atoms with Crippen LogP contribution in [0, 0.1) is 11.8 Å². The van der Waals surface area contributed by atoms with Gasteiger partial charge in [-0.15, -0.1) is 0 Å². The third-order valence-corrected chi connectivity index (χ3v) is 4.80. The maximum atomic E-state index is 12.1. The van der Waals surface area contributed by atoms with E-state index in [9.17, 15) is 9.90 Å². The van der Waals surface area contributed by atoms with E-state index in [1.165, 1.54) is 0 Å². The topological polar surface area (TPSA) is 40.5 Å². The minimum absolute atomic E-state index is 0.0732. The van der Waals surface area contributed by atoms with Crippen LogP contribution in [0.4, 0.5) is 0 Å². The van der Waals surface area contributed by atoms with E-state index in [1.807, 2.05) is 0 Å². The number of aliphatic hydroxyl groups excluding tert-OH is 1. The van der Waals surface area contributed by atoms with Crippen LogP contribution in [0.3, 0.4) is 0 Å². The number of nitrogens with zero attached hydrogens (tertiary/aromatic N) is 1. The molecule has 16 heavy (non-hydrogen) atoms. The molecule has 4 aliphatic rings. The summed E-state index contributed by atoms with van der Waals surface area (Å²) in [5, 5.41) is 10.1. The van der Waals surface area contributed by atoms with Crippen LogP contribution in [0.2, 0.25) is 0 Å². The number of aliphatic hydroxyl groups is 1. The zero-order valence-corrected chi connectivity index (χ0v) is 9.93. The molecular weight excluding hydrogens is 202 g/mol. The molecular formula is C13H21NO2. The molecule has 4 rings (SSSR count). The molecule has 2 heterocycles. The van der Waals surface area contributed by atoms with Gasteiger partial charge in [0.2, 0.25) is 5.91 Å². The Morgan fingerprint density at radius 2 is 1.69 bits per heavy atom. The van der Waals surface area contributed by atoms with Gasteiger partial charge in [0.25, 0.3) is 0 Å². The molecule has 90 valence electrons. The summed E-state index contributed by atoms with van der Waals surface area (Å²) in [4.78, 5) is 14.2. The van der Waals surface area contributed by atoms with E-state index >= 15 is 0 Å². The fourth-order valence-electron chi connectivity index (χ4n) is 4.23. The second-order valence-corrected chi connectivity index (χ2v) is 5.81. The summed E-state index contributed by atoms with van der Waals surface area (Å²) < 4.78 is 0. The van der Waals surface area contributed by atoms with E-state index in [2.05, 4.69) is 11.8 Å². The van der Waals surface area contributed by atoms with E-state index in [4.69, 9.17) is 0 Å². The summed E-state index contributed by atoms with van der Waals surface area (Å²) in [6, 6.07) is 0.898. The zero-order valence-electron chi connectivity index (χ0n) is 9.93. The monoisotopic (exact) mass is 223 g/mol. The lowest BCUT2D eigenvalue weighted by Crippen LogP contribution is -2.63. The Labute approximate surface area is 96.8 Å². The Morgan fingerprint density at radius 1 is 1.19 bits per heavy atom. The average molecular weight is 223 g/mol. The number of amides is 1. The van der Waals surface area contributed by atoms with Crippen molar-refractivity contribution in [2.24, 2.45) is 11.8 Å². The van der Waals surface area contributed by atoms with Gasteiger partial charge < -0.3 is 10.0 Å². The van der Waals surface area contributed by atoms with Crippen LogP contribution in [-0.4, -0.2) is 34.1 Å². The molecule has 1 N–H and O–H groups in total. The van der Waals surface area contributed by atoms with Crippen molar-refractivity contribution in [3.05, 3.63) is 0 Å². The van der Waals surface area contributed by atoms with Crippen LogP contribution in [0.5, 0.6) is 0 Å². The van der Waals surface area contributed by atoms with Crippen LogP contribution in [0.15, 0.2) is 0 Å². The van der Waals surface area contributed by atoms with Crippen molar-refractivity contribution in [3.63, 3.8) is 0 Å². The van der Waals surface area contributed by atoms with E-state index in [0.717, 1.165) is 32.1 Å². The normalized spacial score (nSPS) is 45.1. The predicted molar refractivity (Wildman–Crippen MR) is 60.8 cm³/mol. The molecule has 0 unspecified atom stereocenters. The first-order valence-corrected chi connectivity index (χ1v) is 6.70. The lowest BCUT2D eigenvalue weighted by atomic mass is 9.62. The Bertz CT molecular complexity index is 272. The van der Waals surface area contributed by atoms with Crippen molar-refractivity contribution in [1.29, 1.82) is 0 Å². The summed E-state index contributed by atoms with van der Waals surface area (Å²) >= 11 is 0. The molecule has 4 fully saturated rings. The van der Waals surface area contributed by atoms with Crippen molar-refractivity contribution < 1.29 is 9.90 Å². The Hall–Kier alpha value is -0.570. The first-order valence-electron chi connectivity index (χ1n) is 6.70. The molecule has 0 atom stereocenters. The van der Waals surface area contributed by atoms with E-state index in [-0.39, 0.29) is 6.10 Å². The molecule has 2 saturated carbocycles. The maximum absolute atomic E-state index is 12.1. The van der Waals surface area contributed by atoms with Gasteiger partial charge in [-0.2, -0.15) is 0 Å². The number of carbonyl (C=O) groups excluding carboxylic acids is 1. The van der Waals surface area contributed by atoms with Gasteiger partial charge in [0, 0.05) is 18.5 Å². The van der Waals surface area contributed by atoms with E-state index in [1.54, 1.807) is 0 Å². The van der Waals surface area contributed by atoms with Gasteiger partial charge in [-0.3, -0.25) is 4.79 Å². The summed E-state index contributed by atoms with van der Waals surface area (Å²) in [6.45, 7) is 2.07. The van der Waals surface area contributed by atoms with Gasteiger partial charge in [0.1, 0.15) is 0 Å². The second-order valence-electron chi connectivity index (χ2n) is 5.81. The molecule has 2 aliphatic heterocycles. The fourth-order valence-corrected chi connectivity index (χ4v) is 4.23. The quantitative estimate of drug-likeness (QED) is 0.771. The Balaban J connectivity index is 1.78. The lowest BCUT2D eigenvalue weighted by Gasteiger charge is -2.58. The van der Waals surface area contributed by atoms with Crippen LogP contribution >= 0.6 is 0 Å². The molecule has 2 aliphatic carbocycles. The minimum Gasteiger partial charge on any atom is -0.393 e. The van der Waals surface area contributed by atoms with E-state index in [0.29, 0.717) is 36.2 Å². The number of piperidine rings is 2. The largest absolute Gasteiger partial charge is 0.393 e. The summed E-state index contributed by atoms with van der Waals surface area (Å²) in [5.74, 6) is 1.31. The van der Waals surface area contributed by atoms with Crippen molar-refractivity contribution in [2.75, 3.05) is 0 Å². The van der Waals surface area contributed by atoms with Gasteiger partial charge in [-0.1, -0.05) is 6.92 Å². The molecule has 0 spiro atoms. The van der Waals surface area contributed by atoms with Crippen molar-refractivity contribution in [2.45, 2.75) is 63.6 Å². The SMILES string of the molecule is CCCC(=O)N1C2CC3CC1CC(C2)C3O. The van der Waals surface area contributed by atoms with Crippen LogP contribution in [0.1, 0.15) is 45.4 Å². The molecule has 0 aromatic carbocycles. The van der Waals surface area contributed by atoms with Crippen molar-refractivity contribution >= 4 is 5.91 Å². The highest BCUT2D eigenvalue weighted by Crippen LogP contribution is 2.49. The van der Waals surface area contributed by atoms with Gasteiger partial charge in [-0.05, 0) is 43.9 Å². The van der Waals surface area contributed by atoms with Crippen molar-refractivity contribution in [3.8, 4) is 0 Å². The third-order valence-electron chi connectivity index (χ3n) is 4.80. The highest BCUT2D eigenvalue weighted by atomic mass is 16.3. The zero-order chi connectivity index (χ0) is 11.3. The standard InChI is InChI=1S/C13H21NO2/c1-2-3-12(15)14-10-4-8-5-11(14)7-9(6-10)13(8)16/h8-11,13,16H,2-7H2,1H3. The number of carbonyl (C=O) groups is 1. The van der Waals surface area contributed by atoms with Crippen LogP contribution in [0.25, 0.3) is 0 Å². The number of hydrogen-bond donors (Lipinski definition) is 1. The maximum Gasteiger partial charge on any atom is 0.223 e. The van der Waals surface area contributed by atoms with Crippen molar-refractivity contribution in [1.82, 2.24) is 4.90 Å². The molecule has 0 aromatic heterocycles. The second kappa shape index (κ2) is 3.73. The molecule has 1 amide bonds. The molecule has 4 bridgehead atoms. The Kier molecular flexibility index (Phi) is 2.46. The smallest absolute Gasteiger partial charge is 0.223 e. The van der Waals surface area contributed by atoms with Gasteiger partial charge in [0.15, 0.2) is 0 Å². The van der Waals surface area contributed by atoms with E-state index < -0.39 is 0 Å². The molecule has 3 nitrogen and oxygen atoms in total. The highest BCUT2D eigenvalue weighted by Gasteiger charge is 2.52. The molecule has 2 saturated heterocycles. The van der Waals surface area contributed by atoms with Crippen LogP contribution in [-0.2, 0) is 4.79 Å². The Morgan fingerprint density at radius 3 is 2.12 bits per heavy atom. The summed E-state index contributed by atoms with van der Waals surface area (Å²) in [7, 11) is 0. The van der Waals surface area contributed by atoms with Crippen LogP contribution < -0.4 is 0 Å². The molecule has 0 aromatic rings. The average Bonchev–Trinajstić information content (AvgIpc) is 2.23. The van der Waals surface area contributed by atoms with Gasteiger partial charge >= 0.3 is 0 Å². The number of hydrogen-bond acceptors (Lipinski definition) is 2. The third kappa shape index (κ3) is 1.41. The van der Waals surface area contributed by atoms with Gasteiger partial charge in [-0.25, -0.2) is 0 Å². The first kappa shape index (κ1) is 10.6. The van der Waals surface area contributed by atoms with Gasteiger partial charge in [0.05, 0.1) is 6.10 Å². The fraction of sp³-hybridized carbons (Fsp3) is 0.923. The minimum atomic E-state index is -0.0732. The highest BCUT2D eigenvalue weighted by molar-refractivity contribution is 5.77. The number of rotatable bonds is 2. The predicted octanol–water partition coefficient (Wildman–Crippen LogP) is 1.55. The first-order chi connectivity index (χ1) is 7.70. The summed E-state index contributed by atoms with van der Waals surface area (Å²) in [5.41, 5.74) is 0. The molecule has 3 heteroatoms. The molecule has 0 radical (unpaired) electrons.